The van der Waals surface area contributed by atoms with Gasteiger partial charge in [-0.2, -0.15) is 0 Å². The van der Waals surface area contributed by atoms with Crippen LogP contribution in [-0.4, -0.2) is 41.1 Å². The molecule has 0 saturated carbocycles. The van der Waals surface area contributed by atoms with Crippen LogP contribution in [0.1, 0.15) is 33.6 Å². The van der Waals surface area contributed by atoms with Gasteiger partial charge in [-0.25, -0.2) is 9.78 Å². The molecule has 180 valence electrons. The smallest absolute Gasteiger partial charge is 0.332 e. The molecule has 3 aromatic heterocycles. The van der Waals surface area contributed by atoms with Crippen molar-refractivity contribution in [2.75, 3.05) is 13.2 Å². The van der Waals surface area contributed by atoms with Gasteiger partial charge >= 0.3 is 5.69 Å². The summed E-state index contributed by atoms with van der Waals surface area (Å²) in [7, 11) is -1.74. The largest absolute Gasteiger partial charge is 0.491 e. The Hall–Kier alpha value is -2.68. The first-order chi connectivity index (χ1) is 16.1. The normalized spacial score (nSPS) is 12.5. The van der Waals surface area contributed by atoms with Crippen molar-refractivity contribution in [3.63, 3.8) is 0 Å². The first-order valence-electron chi connectivity index (χ1n) is 11.5. The van der Waals surface area contributed by atoms with Gasteiger partial charge < -0.3 is 9.16 Å². The molecule has 3 heterocycles. The number of benzene rings is 1. The summed E-state index contributed by atoms with van der Waals surface area (Å²) in [6, 6.07) is 9.06. The lowest BCUT2D eigenvalue weighted by Crippen LogP contribution is -2.41. The van der Waals surface area contributed by atoms with Gasteiger partial charge in [-0.15, -0.1) is 0 Å². The average Bonchev–Trinajstić information content (AvgIpc) is 3.12. The highest BCUT2D eigenvalue weighted by Gasteiger charge is 2.36. The third kappa shape index (κ3) is 4.89. The molecule has 0 unspecified atom stereocenters. The van der Waals surface area contributed by atoms with E-state index in [2.05, 4.69) is 48.8 Å². The Morgan fingerprint density at radius 3 is 2.56 bits per heavy atom. The Kier molecular flexibility index (Phi) is 6.84. The fraction of sp³-hybridized carbons (Fsp3) is 0.400. The highest BCUT2D eigenvalue weighted by atomic mass is 35.5. The van der Waals surface area contributed by atoms with Crippen LogP contribution < -0.4 is 10.4 Å². The molecule has 1 aromatic carbocycles. The molecule has 0 atom stereocenters. The average molecular weight is 499 g/mol. The van der Waals surface area contributed by atoms with E-state index in [1.54, 1.807) is 29.1 Å². The summed E-state index contributed by atoms with van der Waals surface area (Å²) < 4.78 is 13.9. The Morgan fingerprint density at radius 2 is 1.79 bits per heavy atom. The fourth-order valence-corrected chi connectivity index (χ4v) is 4.83. The Morgan fingerprint density at radius 1 is 1.06 bits per heavy atom. The molecule has 0 bridgehead atoms. The number of unbranched alkanes of at least 4 members (excludes halogenated alkanes) is 1. The maximum absolute atomic E-state index is 12.9. The Balaban J connectivity index is 1.52. The van der Waals surface area contributed by atoms with Crippen LogP contribution in [0.15, 0.2) is 47.5 Å². The van der Waals surface area contributed by atoms with Gasteiger partial charge in [-0.05, 0) is 55.2 Å². The van der Waals surface area contributed by atoms with Gasteiger partial charge in [-0.3, -0.25) is 14.5 Å². The van der Waals surface area contributed by atoms with E-state index in [1.165, 1.54) is 0 Å². The number of pyridine rings is 2. The summed E-state index contributed by atoms with van der Waals surface area (Å²) in [6.45, 7) is 12.5. The van der Waals surface area contributed by atoms with E-state index in [-0.39, 0.29) is 10.7 Å². The van der Waals surface area contributed by atoms with Gasteiger partial charge in [0, 0.05) is 30.5 Å². The van der Waals surface area contributed by atoms with Crippen molar-refractivity contribution in [3.8, 4) is 11.4 Å². The summed E-state index contributed by atoms with van der Waals surface area (Å²) in [5.41, 5.74) is 2.21. The van der Waals surface area contributed by atoms with Gasteiger partial charge in [0.05, 0.1) is 22.8 Å². The number of aromatic nitrogens is 4. The maximum atomic E-state index is 12.9. The second-order valence-corrected chi connectivity index (χ2v) is 15.1. The van der Waals surface area contributed by atoms with Gasteiger partial charge in [0.2, 0.25) is 0 Å². The molecule has 7 nitrogen and oxygen atoms in total. The zero-order valence-electron chi connectivity index (χ0n) is 20.3. The molecule has 9 heteroatoms. The molecule has 4 rings (SSSR count). The first kappa shape index (κ1) is 24.4. The van der Waals surface area contributed by atoms with Crippen molar-refractivity contribution in [1.29, 1.82) is 0 Å². The number of rotatable bonds is 8. The van der Waals surface area contributed by atoms with Gasteiger partial charge in [-0.1, -0.05) is 32.4 Å². The van der Waals surface area contributed by atoms with Crippen LogP contribution in [0.2, 0.25) is 23.2 Å². The number of fused-ring (bicyclic) bond motifs is 2. The molecule has 0 aliphatic rings. The van der Waals surface area contributed by atoms with Crippen molar-refractivity contribution in [1.82, 2.24) is 19.5 Å². The van der Waals surface area contributed by atoms with Crippen LogP contribution in [0.3, 0.4) is 0 Å². The van der Waals surface area contributed by atoms with E-state index in [4.69, 9.17) is 20.8 Å². The summed E-state index contributed by atoms with van der Waals surface area (Å²) in [5, 5.41) is 1.55. The van der Waals surface area contributed by atoms with Crippen molar-refractivity contribution in [3.05, 3.63) is 58.2 Å². The van der Waals surface area contributed by atoms with Crippen LogP contribution in [0.25, 0.3) is 27.8 Å². The third-order valence-corrected chi connectivity index (χ3v) is 11.4. The number of nitrogens with one attached hydrogen (secondary N) is 1. The predicted octanol–water partition coefficient (Wildman–Crippen LogP) is 6.10. The Labute approximate surface area is 205 Å². The highest BCUT2D eigenvalue weighted by molar-refractivity contribution is 6.74. The minimum Gasteiger partial charge on any atom is -0.491 e. The van der Waals surface area contributed by atoms with Crippen molar-refractivity contribution >= 4 is 42.0 Å². The van der Waals surface area contributed by atoms with Gasteiger partial charge in [0.15, 0.2) is 14.0 Å². The fourth-order valence-electron chi connectivity index (χ4n) is 3.54. The standard InChI is InChI=1S/C25H31ClN4O3Si/c1-25(2,3)34(4,5)33-15-7-6-14-32-21-11-13-28-23-22(21)30(24(31)29-23)17-8-9-20-18(16-17)19(26)10-12-27-20/h8-13,16H,6-7,14-15H2,1-5H3,(H,28,29,31). The van der Waals surface area contributed by atoms with Crippen molar-refractivity contribution in [2.24, 2.45) is 0 Å². The summed E-state index contributed by atoms with van der Waals surface area (Å²) in [4.78, 5) is 24.3. The van der Waals surface area contributed by atoms with E-state index in [9.17, 15) is 4.79 Å². The lowest BCUT2D eigenvalue weighted by atomic mass is 10.2. The monoisotopic (exact) mass is 498 g/mol. The number of nitrogens with zero attached hydrogens (tertiary/aromatic N) is 3. The van der Waals surface area contributed by atoms with E-state index < -0.39 is 8.32 Å². The van der Waals surface area contributed by atoms with Crippen LogP contribution in [0.4, 0.5) is 0 Å². The van der Waals surface area contributed by atoms with Crippen molar-refractivity contribution in [2.45, 2.75) is 51.7 Å². The molecular weight excluding hydrogens is 468 g/mol. The number of hydrogen-bond donors (Lipinski definition) is 1. The quantitative estimate of drug-likeness (QED) is 0.234. The first-order valence-corrected chi connectivity index (χ1v) is 14.8. The van der Waals surface area contributed by atoms with Crippen LogP contribution in [0.5, 0.6) is 5.75 Å². The molecule has 1 N–H and O–H groups in total. The van der Waals surface area contributed by atoms with E-state index in [0.717, 1.165) is 30.4 Å². The number of hydrogen-bond acceptors (Lipinski definition) is 5. The SMILES string of the molecule is CC(C)(C)[Si](C)(C)OCCCCOc1ccnc2[nH]c(=O)n(-c3ccc4nccc(Cl)c4c3)c12. The lowest BCUT2D eigenvalue weighted by Gasteiger charge is -2.36. The zero-order valence-corrected chi connectivity index (χ0v) is 22.1. The molecule has 0 fully saturated rings. The molecule has 0 aliphatic heterocycles. The molecule has 0 amide bonds. The second kappa shape index (κ2) is 9.52. The second-order valence-electron chi connectivity index (χ2n) is 9.93. The van der Waals surface area contributed by atoms with E-state index in [0.29, 0.717) is 34.2 Å². The number of aromatic amines is 1. The highest BCUT2D eigenvalue weighted by Crippen LogP contribution is 2.36. The molecule has 0 radical (unpaired) electrons. The molecule has 0 aliphatic carbocycles. The predicted molar refractivity (Wildman–Crippen MR) is 140 cm³/mol. The van der Waals surface area contributed by atoms with E-state index >= 15 is 0 Å². The summed E-state index contributed by atoms with van der Waals surface area (Å²) in [5.74, 6) is 0.603. The number of H-pyrrole nitrogens is 1. The molecule has 0 saturated heterocycles. The van der Waals surface area contributed by atoms with Gasteiger partial charge in [0.25, 0.3) is 0 Å². The number of ether oxygens (including phenoxy) is 1. The molecule has 4 aromatic rings. The zero-order chi connectivity index (χ0) is 24.5. The van der Waals surface area contributed by atoms with Crippen molar-refractivity contribution < 1.29 is 9.16 Å². The lowest BCUT2D eigenvalue weighted by molar-refractivity contribution is 0.253. The van der Waals surface area contributed by atoms with Crippen LogP contribution >= 0.6 is 11.6 Å². The number of imidazole rings is 1. The van der Waals surface area contributed by atoms with Gasteiger partial charge in [0.1, 0.15) is 11.3 Å². The summed E-state index contributed by atoms with van der Waals surface area (Å²) >= 11 is 6.36. The van der Waals surface area contributed by atoms with E-state index in [1.807, 2.05) is 18.2 Å². The van der Waals surface area contributed by atoms with Crippen LogP contribution in [0, 0.1) is 0 Å². The molecule has 0 spiro atoms. The summed E-state index contributed by atoms with van der Waals surface area (Å²) in [6.07, 6.45) is 5.07. The third-order valence-electron chi connectivity index (χ3n) is 6.53. The maximum Gasteiger partial charge on any atom is 0.332 e. The van der Waals surface area contributed by atoms with Crippen LogP contribution in [-0.2, 0) is 4.43 Å². The Bertz CT molecular complexity index is 1370. The number of halogens is 1. The molecule has 34 heavy (non-hydrogen) atoms. The minimum atomic E-state index is -1.74. The topological polar surface area (TPSA) is 82.0 Å². The molecular formula is C25H31ClN4O3Si. The minimum absolute atomic E-state index is 0.202.